The van der Waals surface area contributed by atoms with E-state index >= 15 is 4.39 Å². The first-order valence-electron chi connectivity index (χ1n) is 14.1. The molecule has 1 aromatic carbocycles. The summed E-state index contributed by atoms with van der Waals surface area (Å²) in [5, 5.41) is 14.3. The summed E-state index contributed by atoms with van der Waals surface area (Å²) in [5.74, 6) is -1.53. The van der Waals surface area contributed by atoms with Gasteiger partial charge in [0.05, 0.1) is 57.8 Å². The van der Waals surface area contributed by atoms with Crippen LogP contribution < -0.4 is 10.9 Å². The van der Waals surface area contributed by atoms with Crippen molar-refractivity contribution in [3.63, 3.8) is 0 Å². The molecule has 0 aliphatic heterocycles. The van der Waals surface area contributed by atoms with Crippen LogP contribution in [0.25, 0.3) is 28.2 Å². The Morgan fingerprint density at radius 3 is 2.58 bits per heavy atom. The van der Waals surface area contributed by atoms with Crippen molar-refractivity contribution in [1.82, 2.24) is 39.3 Å². The van der Waals surface area contributed by atoms with Crippen molar-refractivity contribution in [1.29, 1.82) is 0 Å². The largest absolute Gasteiger partial charge is 0.333 e. The quantitative estimate of drug-likeness (QED) is 0.176. The van der Waals surface area contributed by atoms with E-state index in [0.29, 0.717) is 53.1 Å². The summed E-state index contributed by atoms with van der Waals surface area (Å²) in [4.78, 5) is 34.3. The molecule has 0 spiro atoms. The Morgan fingerprint density at radius 1 is 1.09 bits per heavy atom. The molecule has 0 fully saturated rings. The van der Waals surface area contributed by atoms with E-state index in [4.69, 9.17) is 11.6 Å². The van der Waals surface area contributed by atoms with Crippen LogP contribution >= 0.6 is 11.6 Å². The number of halogens is 4. The second-order valence-corrected chi connectivity index (χ2v) is 11.0. The van der Waals surface area contributed by atoms with Crippen molar-refractivity contribution in [3.05, 3.63) is 87.8 Å². The molecule has 11 nitrogen and oxygen atoms in total. The summed E-state index contributed by atoms with van der Waals surface area (Å²) in [6.07, 6.45) is 7.29. The van der Waals surface area contributed by atoms with Crippen LogP contribution in [0.4, 0.5) is 18.9 Å². The van der Waals surface area contributed by atoms with Gasteiger partial charge < -0.3 is 5.32 Å². The van der Waals surface area contributed by atoms with E-state index < -0.39 is 18.3 Å². The number of pyridine rings is 1. The summed E-state index contributed by atoms with van der Waals surface area (Å²) >= 11 is 6.04. The predicted octanol–water partition coefficient (Wildman–Crippen LogP) is 6.00. The van der Waals surface area contributed by atoms with Gasteiger partial charge in [0.15, 0.2) is 5.82 Å². The normalized spacial score (nSPS) is 12.1. The van der Waals surface area contributed by atoms with Gasteiger partial charge >= 0.3 is 6.55 Å². The fourth-order valence-electron chi connectivity index (χ4n) is 4.87. The third kappa shape index (κ3) is 6.95. The first kappa shape index (κ1) is 31.6. The van der Waals surface area contributed by atoms with Gasteiger partial charge in [0.2, 0.25) is 5.91 Å². The molecule has 0 aliphatic carbocycles. The number of alkyl halides is 2. The van der Waals surface area contributed by atoms with Crippen molar-refractivity contribution in [3.8, 4) is 28.2 Å². The van der Waals surface area contributed by atoms with E-state index in [9.17, 15) is 18.4 Å². The number of unbranched alkanes of at least 4 members (excludes halogenated alkanes) is 1. The molecular formula is C30H29ClF3N9O2. The average molecular weight is 640 g/mol. The maximum absolute atomic E-state index is 15.1. The molecule has 0 bridgehead atoms. The Kier molecular flexibility index (Phi) is 9.42. The van der Waals surface area contributed by atoms with Gasteiger partial charge in [-0.05, 0) is 51.0 Å². The molecule has 0 saturated heterocycles. The summed E-state index contributed by atoms with van der Waals surface area (Å²) in [7, 11) is 0. The van der Waals surface area contributed by atoms with E-state index in [-0.39, 0.29) is 39.1 Å². The van der Waals surface area contributed by atoms with E-state index in [0.717, 1.165) is 0 Å². The first-order chi connectivity index (χ1) is 21.5. The summed E-state index contributed by atoms with van der Waals surface area (Å²) in [6, 6.07) is 7.42. The highest BCUT2D eigenvalue weighted by atomic mass is 35.5. The Hall–Kier alpha value is -4.85. The molecule has 15 heteroatoms. The van der Waals surface area contributed by atoms with Crippen LogP contribution in [0.1, 0.15) is 44.1 Å². The zero-order valence-corrected chi connectivity index (χ0v) is 25.3. The van der Waals surface area contributed by atoms with Gasteiger partial charge in [-0.25, -0.2) is 18.7 Å². The minimum Gasteiger partial charge on any atom is -0.323 e. The van der Waals surface area contributed by atoms with E-state index in [1.165, 1.54) is 40.1 Å². The number of hydrogen-bond acceptors (Lipinski definition) is 7. The van der Waals surface area contributed by atoms with Crippen molar-refractivity contribution >= 4 is 23.2 Å². The average Bonchev–Trinajstić information content (AvgIpc) is 3.63. The molecule has 234 valence electrons. The third-order valence-corrected chi connectivity index (χ3v) is 7.50. The standard InChI is InChI=1S/C30H29ClF3N9O2/c1-17(29(45)38-23-14-37-43(30(33)34)28(23)20-9-10-35-18(2)12-20)6-4-5-11-41-16-36-22(13-25(41)44)26-24(8-7-21(31)27(26)32)42-15-19(3)39-40-42/h7-10,12-17,30H,4-6,11H2,1-3H3,(H,38,45)/t17-/m1/s1. The van der Waals surface area contributed by atoms with Crippen molar-refractivity contribution in [2.75, 3.05) is 5.32 Å². The molecule has 1 N–H and O–H groups in total. The molecule has 4 aromatic heterocycles. The molecule has 5 aromatic rings. The minimum absolute atomic E-state index is 0.0257. The van der Waals surface area contributed by atoms with Crippen molar-refractivity contribution in [2.24, 2.45) is 5.92 Å². The zero-order valence-electron chi connectivity index (χ0n) is 24.6. The zero-order chi connectivity index (χ0) is 32.2. The summed E-state index contributed by atoms with van der Waals surface area (Å²) in [5.41, 5.74) is 2.04. The highest BCUT2D eigenvalue weighted by Gasteiger charge is 2.23. The number of nitrogens with one attached hydrogen (secondary N) is 1. The number of aryl methyl sites for hydroxylation is 3. The predicted molar refractivity (Wildman–Crippen MR) is 162 cm³/mol. The minimum atomic E-state index is -2.90. The number of aromatic nitrogens is 8. The molecule has 0 aliphatic rings. The van der Waals surface area contributed by atoms with Crippen LogP contribution in [0.5, 0.6) is 0 Å². The fraction of sp³-hybridized carbons (Fsp3) is 0.300. The van der Waals surface area contributed by atoms with Crippen LogP contribution in [0.2, 0.25) is 5.02 Å². The van der Waals surface area contributed by atoms with Gasteiger partial charge in [-0.1, -0.05) is 30.2 Å². The number of anilines is 1. The van der Waals surface area contributed by atoms with Crippen LogP contribution in [0.15, 0.2) is 60.0 Å². The molecule has 45 heavy (non-hydrogen) atoms. The number of nitrogens with zero attached hydrogens (tertiary/aromatic N) is 8. The van der Waals surface area contributed by atoms with Gasteiger partial charge in [-0.3, -0.25) is 19.1 Å². The molecule has 4 heterocycles. The maximum Gasteiger partial charge on any atom is 0.333 e. The molecule has 0 unspecified atom stereocenters. The monoisotopic (exact) mass is 639 g/mol. The molecule has 0 radical (unpaired) electrons. The lowest BCUT2D eigenvalue weighted by atomic mass is 10.0. The lowest BCUT2D eigenvalue weighted by molar-refractivity contribution is -0.119. The molecule has 5 rings (SSSR count). The summed E-state index contributed by atoms with van der Waals surface area (Å²) < 4.78 is 45.8. The van der Waals surface area contributed by atoms with E-state index in [1.807, 2.05) is 0 Å². The highest BCUT2D eigenvalue weighted by Crippen LogP contribution is 2.33. The third-order valence-electron chi connectivity index (χ3n) is 7.21. The van der Waals surface area contributed by atoms with Crippen molar-refractivity contribution < 1.29 is 18.0 Å². The number of rotatable bonds is 11. The van der Waals surface area contributed by atoms with Crippen LogP contribution in [0.3, 0.4) is 0 Å². The first-order valence-corrected chi connectivity index (χ1v) is 14.4. The SMILES string of the molecule is Cc1cc(-c2c(NC(=O)[C@H](C)CCCCn3cnc(-c4c(-n5cc(C)nn5)ccc(Cl)c4F)cc3=O)cnn2C(F)F)ccn1. The summed E-state index contributed by atoms with van der Waals surface area (Å²) in [6.45, 7) is 2.64. The Morgan fingerprint density at radius 2 is 1.89 bits per heavy atom. The van der Waals surface area contributed by atoms with Crippen LogP contribution in [-0.2, 0) is 11.3 Å². The van der Waals surface area contributed by atoms with Crippen LogP contribution in [0, 0.1) is 25.6 Å². The smallest absolute Gasteiger partial charge is 0.323 e. The Balaban J connectivity index is 1.22. The van der Waals surface area contributed by atoms with E-state index in [2.05, 4.69) is 30.7 Å². The van der Waals surface area contributed by atoms with Gasteiger partial charge in [-0.2, -0.15) is 13.9 Å². The maximum atomic E-state index is 15.1. The van der Waals surface area contributed by atoms with Crippen LogP contribution in [-0.4, -0.2) is 45.2 Å². The van der Waals surface area contributed by atoms with E-state index in [1.54, 1.807) is 45.2 Å². The second-order valence-electron chi connectivity index (χ2n) is 10.6. The van der Waals surface area contributed by atoms with Gasteiger partial charge in [0.25, 0.3) is 5.56 Å². The molecule has 0 saturated carbocycles. The number of carbonyl (C=O) groups is 1. The number of amides is 1. The Bertz CT molecular complexity index is 1900. The van der Waals surface area contributed by atoms with Gasteiger partial charge in [0, 0.05) is 36.0 Å². The fourth-order valence-corrected chi connectivity index (χ4v) is 5.03. The van der Waals surface area contributed by atoms with Crippen molar-refractivity contribution in [2.45, 2.75) is 53.1 Å². The second kappa shape index (κ2) is 13.4. The molecule has 1 amide bonds. The lowest BCUT2D eigenvalue weighted by Crippen LogP contribution is -2.22. The number of carbonyl (C=O) groups excluding carboxylic acids is 1. The lowest BCUT2D eigenvalue weighted by Gasteiger charge is -2.14. The highest BCUT2D eigenvalue weighted by molar-refractivity contribution is 6.31. The molecular weight excluding hydrogens is 611 g/mol. The van der Waals surface area contributed by atoms with Gasteiger partial charge in [0.1, 0.15) is 0 Å². The Labute approximate surface area is 260 Å². The topological polar surface area (TPSA) is 125 Å². The van der Waals surface area contributed by atoms with Gasteiger partial charge in [-0.15, -0.1) is 5.10 Å². The molecule has 1 atom stereocenters. The number of hydrogen-bond donors (Lipinski definition) is 1. The number of benzene rings is 1.